The molecule has 1 saturated heterocycles. The van der Waals surface area contributed by atoms with Gasteiger partial charge in [0.15, 0.2) is 0 Å². The summed E-state index contributed by atoms with van der Waals surface area (Å²) in [6, 6.07) is 6.03. The van der Waals surface area contributed by atoms with Crippen molar-refractivity contribution in [2.24, 2.45) is 0 Å². The summed E-state index contributed by atoms with van der Waals surface area (Å²) in [5, 5.41) is 0. The van der Waals surface area contributed by atoms with Crippen LogP contribution < -0.4 is 0 Å². The van der Waals surface area contributed by atoms with Gasteiger partial charge in [0.1, 0.15) is 6.10 Å². The fraction of sp³-hybridized carbons (Fsp3) is 1.00. The second kappa shape index (κ2) is 8.71. The second-order valence-electron chi connectivity index (χ2n) is 8.07. The Balaban J connectivity index is 2.08. The molecule has 0 aromatic carbocycles. The molecular formula is C16H36O2Si2. The summed E-state index contributed by atoms with van der Waals surface area (Å²) < 4.78 is 10.8. The van der Waals surface area contributed by atoms with E-state index < -0.39 is 16.1 Å². The van der Waals surface area contributed by atoms with E-state index in [-0.39, 0.29) is 0 Å². The number of rotatable bonds is 12. The molecule has 0 bridgehead atoms. The molecule has 120 valence electrons. The van der Waals surface area contributed by atoms with E-state index in [9.17, 15) is 0 Å². The molecule has 0 N–H and O–H groups in total. The van der Waals surface area contributed by atoms with Gasteiger partial charge in [0.25, 0.3) is 0 Å². The van der Waals surface area contributed by atoms with E-state index in [1.807, 2.05) is 0 Å². The number of epoxide rings is 1. The van der Waals surface area contributed by atoms with Crippen LogP contribution in [-0.4, -0.2) is 42.1 Å². The van der Waals surface area contributed by atoms with Crippen molar-refractivity contribution < 1.29 is 9.47 Å². The molecule has 1 fully saturated rings. The van der Waals surface area contributed by atoms with Gasteiger partial charge in [-0.25, -0.2) is 0 Å². The van der Waals surface area contributed by atoms with Gasteiger partial charge < -0.3 is 9.47 Å². The SMILES string of the molecule is CCCC[Si](C)(C)CC[Si](C)(C)CCCOCC1CO1. The van der Waals surface area contributed by atoms with Gasteiger partial charge in [-0.2, -0.15) is 0 Å². The maximum absolute atomic E-state index is 5.66. The molecule has 0 radical (unpaired) electrons. The second-order valence-corrected chi connectivity index (χ2v) is 18.7. The van der Waals surface area contributed by atoms with Gasteiger partial charge >= 0.3 is 0 Å². The predicted octanol–water partition coefficient (Wildman–Crippen LogP) is 5.01. The first-order valence-electron chi connectivity index (χ1n) is 8.54. The van der Waals surface area contributed by atoms with Crippen LogP contribution in [0.15, 0.2) is 0 Å². The molecule has 4 heteroatoms. The normalized spacial score (nSPS) is 19.4. The Bertz CT molecular complexity index is 263. The quantitative estimate of drug-likeness (QED) is 0.287. The van der Waals surface area contributed by atoms with Crippen LogP contribution in [-0.2, 0) is 9.47 Å². The fourth-order valence-corrected chi connectivity index (χ4v) is 10.9. The molecule has 1 heterocycles. The van der Waals surface area contributed by atoms with Gasteiger partial charge in [0.05, 0.1) is 13.2 Å². The van der Waals surface area contributed by atoms with Crippen molar-refractivity contribution in [3.8, 4) is 0 Å². The van der Waals surface area contributed by atoms with E-state index in [2.05, 4.69) is 33.1 Å². The van der Waals surface area contributed by atoms with Crippen LogP contribution in [0.25, 0.3) is 0 Å². The molecule has 1 rings (SSSR count). The number of hydrogen-bond donors (Lipinski definition) is 0. The Labute approximate surface area is 128 Å². The van der Waals surface area contributed by atoms with Gasteiger partial charge in [-0.15, -0.1) is 0 Å². The highest BCUT2D eigenvalue weighted by Gasteiger charge is 2.27. The standard InChI is InChI=1S/C16H36O2Si2/c1-6-7-10-19(2,3)12-13-20(4,5)11-8-9-17-14-16-15-18-16/h16H,6-15H2,1-5H3. The van der Waals surface area contributed by atoms with E-state index in [0.717, 1.165) is 19.8 Å². The molecule has 0 aliphatic carbocycles. The lowest BCUT2D eigenvalue weighted by Crippen LogP contribution is -2.32. The van der Waals surface area contributed by atoms with Gasteiger partial charge in [-0.05, 0) is 6.42 Å². The number of unbranched alkanes of at least 4 members (excludes halogenated alkanes) is 1. The fourth-order valence-electron chi connectivity index (χ4n) is 2.61. The molecule has 0 saturated carbocycles. The third-order valence-corrected chi connectivity index (χ3v) is 11.7. The van der Waals surface area contributed by atoms with Crippen LogP contribution >= 0.6 is 0 Å². The first kappa shape index (κ1) is 18.4. The molecule has 20 heavy (non-hydrogen) atoms. The van der Waals surface area contributed by atoms with E-state index in [0.29, 0.717) is 6.10 Å². The van der Waals surface area contributed by atoms with Crippen molar-refractivity contribution in [2.75, 3.05) is 19.8 Å². The Morgan fingerprint density at radius 1 is 0.950 bits per heavy atom. The minimum absolute atomic E-state index is 0.422. The van der Waals surface area contributed by atoms with Crippen molar-refractivity contribution in [3.63, 3.8) is 0 Å². The first-order valence-corrected chi connectivity index (χ1v) is 15.4. The third kappa shape index (κ3) is 9.32. The summed E-state index contributed by atoms with van der Waals surface area (Å²) in [6.07, 6.45) is 4.48. The smallest absolute Gasteiger partial charge is 0.104 e. The van der Waals surface area contributed by atoms with Crippen LogP contribution in [0.4, 0.5) is 0 Å². The molecule has 0 amide bonds. The molecular weight excluding hydrogens is 280 g/mol. The van der Waals surface area contributed by atoms with Crippen LogP contribution in [0, 0.1) is 0 Å². The molecule has 1 atom stereocenters. The van der Waals surface area contributed by atoms with E-state index in [4.69, 9.17) is 9.47 Å². The minimum atomic E-state index is -0.990. The van der Waals surface area contributed by atoms with Gasteiger partial charge in [0.2, 0.25) is 0 Å². The lowest BCUT2D eigenvalue weighted by molar-refractivity contribution is 0.117. The summed E-state index contributed by atoms with van der Waals surface area (Å²) in [5.74, 6) is 0. The highest BCUT2D eigenvalue weighted by atomic mass is 28.3. The molecule has 1 aliphatic rings. The first-order chi connectivity index (χ1) is 9.35. The minimum Gasteiger partial charge on any atom is -0.379 e. The van der Waals surface area contributed by atoms with Crippen LogP contribution in [0.1, 0.15) is 26.2 Å². The van der Waals surface area contributed by atoms with Crippen molar-refractivity contribution in [1.29, 1.82) is 0 Å². The summed E-state index contributed by atoms with van der Waals surface area (Å²) >= 11 is 0. The Morgan fingerprint density at radius 3 is 2.00 bits per heavy atom. The molecule has 1 aliphatic heterocycles. The van der Waals surface area contributed by atoms with Crippen LogP contribution in [0.5, 0.6) is 0 Å². The maximum Gasteiger partial charge on any atom is 0.104 e. The van der Waals surface area contributed by atoms with Crippen molar-refractivity contribution in [2.45, 2.75) is 82.7 Å². The zero-order valence-electron chi connectivity index (χ0n) is 14.5. The molecule has 0 spiro atoms. The summed E-state index contributed by atoms with van der Waals surface area (Å²) in [5.41, 5.74) is 0. The van der Waals surface area contributed by atoms with Crippen LogP contribution in [0.2, 0.25) is 50.4 Å². The average molecular weight is 317 g/mol. The number of hydrogen-bond acceptors (Lipinski definition) is 2. The molecule has 0 aromatic rings. The molecule has 2 nitrogen and oxygen atoms in total. The summed E-state index contributed by atoms with van der Waals surface area (Å²) in [6.45, 7) is 15.3. The lowest BCUT2D eigenvalue weighted by atomic mass is 10.4. The zero-order chi connectivity index (χ0) is 15.1. The van der Waals surface area contributed by atoms with E-state index in [1.165, 1.54) is 37.4 Å². The Kier molecular flexibility index (Phi) is 8.02. The third-order valence-electron chi connectivity index (χ3n) is 4.53. The van der Waals surface area contributed by atoms with Crippen molar-refractivity contribution >= 4 is 16.1 Å². The highest BCUT2D eigenvalue weighted by Crippen LogP contribution is 2.27. The largest absolute Gasteiger partial charge is 0.379 e. The zero-order valence-corrected chi connectivity index (χ0v) is 16.5. The lowest BCUT2D eigenvalue weighted by Gasteiger charge is -2.29. The summed E-state index contributed by atoms with van der Waals surface area (Å²) in [4.78, 5) is 0. The highest BCUT2D eigenvalue weighted by molar-refractivity contribution is 6.82. The molecule has 1 unspecified atom stereocenters. The Hall–Kier alpha value is 0.354. The number of ether oxygens (including phenoxy) is 2. The van der Waals surface area contributed by atoms with Crippen LogP contribution in [0.3, 0.4) is 0 Å². The van der Waals surface area contributed by atoms with Crippen molar-refractivity contribution in [3.05, 3.63) is 0 Å². The van der Waals surface area contributed by atoms with E-state index >= 15 is 0 Å². The monoisotopic (exact) mass is 316 g/mol. The van der Waals surface area contributed by atoms with E-state index in [1.54, 1.807) is 6.04 Å². The van der Waals surface area contributed by atoms with Gasteiger partial charge in [0, 0.05) is 22.8 Å². The van der Waals surface area contributed by atoms with Crippen molar-refractivity contribution in [1.82, 2.24) is 0 Å². The maximum atomic E-state index is 5.66. The average Bonchev–Trinajstić information content (AvgIpc) is 3.18. The topological polar surface area (TPSA) is 21.8 Å². The van der Waals surface area contributed by atoms with Gasteiger partial charge in [-0.3, -0.25) is 0 Å². The summed E-state index contributed by atoms with van der Waals surface area (Å²) in [7, 11) is -1.90. The Morgan fingerprint density at radius 2 is 1.50 bits per heavy atom. The molecule has 0 aromatic heterocycles. The predicted molar refractivity (Wildman–Crippen MR) is 94.3 cm³/mol. The van der Waals surface area contributed by atoms with Gasteiger partial charge in [-0.1, -0.05) is 70.1 Å².